The highest BCUT2D eigenvalue weighted by Gasteiger charge is 2.09. The van der Waals surface area contributed by atoms with Crippen molar-refractivity contribution in [2.24, 2.45) is 5.73 Å². The van der Waals surface area contributed by atoms with Crippen LogP contribution < -0.4 is 21.3 Å². The van der Waals surface area contributed by atoms with Crippen LogP contribution in [0.15, 0.2) is 23.1 Å². The molecule has 112 valence electrons. The maximum Gasteiger partial charge on any atom is 0.292 e. The fourth-order valence-corrected chi connectivity index (χ4v) is 1.62. The SMILES string of the molecule is CCC(C)NC(=O)COc1cccn(CCCN)c1=O. The average molecular weight is 281 g/mol. The molecule has 0 aliphatic rings. The van der Waals surface area contributed by atoms with Crippen LogP contribution in [0, 0.1) is 0 Å². The summed E-state index contributed by atoms with van der Waals surface area (Å²) >= 11 is 0. The molecule has 1 unspecified atom stereocenters. The average Bonchev–Trinajstić information content (AvgIpc) is 2.44. The summed E-state index contributed by atoms with van der Waals surface area (Å²) in [5.41, 5.74) is 5.18. The minimum Gasteiger partial charge on any atom is -0.478 e. The van der Waals surface area contributed by atoms with E-state index in [1.54, 1.807) is 18.3 Å². The molecule has 1 amide bonds. The number of rotatable bonds is 8. The number of hydrogen-bond donors (Lipinski definition) is 2. The molecule has 0 aromatic carbocycles. The second kappa shape index (κ2) is 8.37. The van der Waals surface area contributed by atoms with Crippen LogP contribution in [0.5, 0.6) is 5.75 Å². The van der Waals surface area contributed by atoms with Crippen LogP contribution in [-0.4, -0.2) is 29.7 Å². The molecule has 1 rings (SSSR count). The standard InChI is InChI=1S/C14H23N3O3/c1-3-11(2)16-13(18)10-20-12-6-4-8-17(14(12)19)9-5-7-15/h4,6,8,11H,3,5,7,9-10,15H2,1-2H3,(H,16,18). The fraction of sp³-hybridized carbons (Fsp3) is 0.571. The predicted molar refractivity (Wildman–Crippen MR) is 77.8 cm³/mol. The van der Waals surface area contributed by atoms with Crippen molar-refractivity contribution in [2.75, 3.05) is 13.2 Å². The zero-order valence-electron chi connectivity index (χ0n) is 12.1. The summed E-state index contributed by atoms with van der Waals surface area (Å²) in [4.78, 5) is 23.6. The molecule has 1 aromatic rings. The van der Waals surface area contributed by atoms with E-state index in [4.69, 9.17) is 10.5 Å². The highest BCUT2D eigenvalue weighted by Crippen LogP contribution is 2.02. The van der Waals surface area contributed by atoms with E-state index in [1.807, 2.05) is 13.8 Å². The lowest BCUT2D eigenvalue weighted by Crippen LogP contribution is -2.36. The second-order valence-corrected chi connectivity index (χ2v) is 4.68. The molecule has 6 heteroatoms. The Kier molecular flexibility index (Phi) is 6.79. The van der Waals surface area contributed by atoms with Crippen LogP contribution in [0.4, 0.5) is 0 Å². The highest BCUT2D eigenvalue weighted by atomic mass is 16.5. The van der Waals surface area contributed by atoms with Crippen molar-refractivity contribution in [3.05, 3.63) is 28.7 Å². The molecule has 3 N–H and O–H groups in total. The van der Waals surface area contributed by atoms with E-state index in [0.717, 1.165) is 12.8 Å². The molecule has 0 saturated heterocycles. The van der Waals surface area contributed by atoms with Gasteiger partial charge in [-0.25, -0.2) is 0 Å². The van der Waals surface area contributed by atoms with Crippen LogP contribution in [0.1, 0.15) is 26.7 Å². The number of nitrogens with zero attached hydrogens (tertiary/aromatic N) is 1. The van der Waals surface area contributed by atoms with Gasteiger partial charge in [0.15, 0.2) is 12.4 Å². The van der Waals surface area contributed by atoms with Gasteiger partial charge in [-0.1, -0.05) is 6.92 Å². The van der Waals surface area contributed by atoms with Crippen molar-refractivity contribution >= 4 is 5.91 Å². The first-order chi connectivity index (χ1) is 9.58. The molecule has 20 heavy (non-hydrogen) atoms. The fourth-order valence-electron chi connectivity index (χ4n) is 1.62. The van der Waals surface area contributed by atoms with E-state index in [-0.39, 0.29) is 29.9 Å². The molecule has 0 bridgehead atoms. The molecule has 1 heterocycles. The molecule has 1 atom stereocenters. The van der Waals surface area contributed by atoms with E-state index in [0.29, 0.717) is 13.1 Å². The van der Waals surface area contributed by atoms with Crippen LogP contribution in [0.2, 0.25) is 0 Å². The van der Waals surface area contributed by atoms with Gasteiger partial charge in [0, 0.05) is 18.8 Å². The van der Waals surface area contributed by atoms with E-state index < -0.39 is 0 Å². The van der Waals surface area contributed by atoms with Crippen molar-refractivity contribution in [2.45, 2.75) is 39.3 Å². The van der Waals surface area contributed by atoms with Crippen LogP contribution in [0.25, 0.3) is 0 Å². The predicted octanol–water partition coefficient (Wildman–Crippen LogP) is 0.491. The van der Waals surface area contributed by atoms with Gasteiger partial charge >= 0.3 is 0 Å². The van der Waals surface area contributed by atoms with Crippen molar-refractivity contribution in [1.82, 2.24) is 9.88 Å². The van der Waals surface area contributed by atoms with Crippen LogP contribution in [-0.2, 0) is 11.3 Å². The maximum atomic E-state index is 12.0. The molecule has 0 saturated carbocycles. The number of nitrogens with one attached hydrogen (secondary N) is 1. The van der Waals surface area contributed by atoms with Gasteiger partial charge in [-0.2, -0.15) is 0 Å². The minimum atomic E-state index is -0.239. The summed E-state index contributed by atoms with van der Waals surface area (Å²) in [7, 11) is 0. The van der Waals surface area contributed by atoms with Gasteiger partial charge in [-0.05, 0) is 38.4 Å². The van der Waals surface area contributed by atoms with Gasteiger partial charge in [0.1, 0.15) is 0 Å². The number of aromatic nitrogens is 1. The molecule has 0 radical (unpaired) electrons. The molecular formula is C14H23N3O3. The number of aryl methyl sites for hydroxylation is 1. The van der Waals surface area contributed by atoms with Gasteiger partial charge in [0.25, 0.3) is 11.5 Å². The monoisotopic (exact) mass is 281 g/mol. The normalized spacial score (nSPS) is 11.9. The first-order valence-corrected chi connectivity index (χ1v) is 6.90. The lowest BCUT2D eigenvalue weighted by molar-refractivity contribution is -0.123. The number of amides is 1. The molecule has 0 fully saturated rings. The van der Waals surface area contributed by atoms with Gasteiger partial charge < -0.3 is 20.4 Å². The second-order valence-electron chi connectivity index (χ2n) is 4.68. The lowest BCUT2D eigenvalue weighted by Gasteiger charge is -2.12. The van der Waals surface area contributed by atoms with E-state index >= 15 is 0 Å². The van der Waals surface area contributed by atoms with E-state index in [9.17, 15) is 9.59 Å². The Morgan fingerprint density at radius 3 is 2.95 bits per heavy atom. The number of hydrogen-bond acceptors (Lipinski definition) is 4. The van der Waals surface area contributed by atoms with Crippen LogP contribution >= 0.6 is 0 Å². The summed E-state index contributed by atoms with van der Waals surface area (Å²) < 4.78 is 6.82. The van der Waals surface area contributed by atoms with Crippen molar-refractivity contribution in [3.8, 4) is 5.75 Å². The summed E-state index contributed by atoms with van der Waals surface area (Å²) in [5.74, 6) is -0.0417. The molecular weight excluding hydrogens is 258 g/mol. The largest absolute Gasteiger partial charge is 0.478 e. The first-order valence-electron chi connectivity index (χ1n) is 6.90. The Morgan fingerprint density at radius 2 is 2.30 bits per heavy atom. The minimum absolute atomic E-state index is 0.100. The zero-order valence-corrected chi connectivity index (χ0v) is 12.1. The quantitative estimate of drug-likeness (QED) is 0.726. The third-order valence-electron chi connectivity index (χ3n) is 2.97. The van der Waals surface area contributed by atoms with Gasteiger partial charge in [0.2, 0.25) is 0 Å². The Bertz CT molecular complexity index is 485. The lowest BCUT2D eigenvalue weighted by atomic mass is 10.2. The van der Waals surface area contributed by atoms with Gasteiger partial charge in [-0.15, -0.1) is 0 Å². The van der Waals surface area contributed by atoms with Crippen LogP contribution in [0.3, 0.4) is 0 Å². The molecule has 6 nitrogen and oxygen atoms in total. The number of ether oxygens (including phenoxy) is 1. The zero-order chi connectivity index (χ0) is 15.0. The summed E-state index contributed by atoms with van der Waals surface area (Å²) in [6.07, 6.45) is 3.25. The summed E-state index contributed by atoms with van der Waals surface area (Å²) in [5, 5.41) is 2.78. The molecule has 0 aliphatic heterocycles. The molecule has 0 spiro atoms. The van der Waals surface area contributed by atoms with Crippen molar-refractivity contribution < 1.29 is 9.53 Å². The smallest absolute Gasteiger partial charge is 0.292 e. The number of carbonyl (C=O) groups excluding carboxylic acids is 1. The van der Waals surface area contributed by atoms with Gasteiger partial charge in [-0.3, -0.25) is 9.59 Å². The maximum absolute atomic E-state index is 12.0. The number of pyridine rings is 1. The topological polar surface area (TPSA) is 86.3 Å². The third-order valence-corrected chi connectivity index (χ3v) is 2.97. The van der Waals surface area contributed by atoms with E-state index in [1.165, 1.54) is 4.57 Å². The Labute approximate surface area is 118 Å². The van der Waals surface area contributed by atoms with E-state index in [2.05, 4.69) is 5.32 Å². The molecule has 1 aromatic heterocycles. The number of nitrogens with two attached hydrogens (primary N) is 1. The third kappa shape index (κ3) is 5.05. The Hall–Kier alpha value is -1.82. The molecule has 0 aliphatic carbocycles. The number of carbonyl (C=O) groups is 1. The first kappa shape index (κ1) is 16.2. The van der Waals surface area contributed by atoms with Gasteiger partial charge in [0.05, 0.1) is 0 Å². The Balaban J connectivity index is 2.60. The van der Waals surface area contributed by atoms with Crippen molar-refractivity contribution in [1.29, 1.82) is 0 Å². The summed E-state index contributed by atoms with van der Waals surface area (Å²) in [6.45, 7) is 4.82. The Morgan fingerprint density at radius 1 is 1.55 bits per heavy atom. The summed E-state index contributed by atoms with van der Waals surface area (Å²) in [6, 6.07) is 3.39. The highest BCUT2D eigenvalue weighted by molar-refractivity contribution is 5.77. The van der Waals surface area contributed by atoms with Crippen molar-refractivity contribution in [3.63, 3.8) is 0 Å².